The summed E-state index contributed by atoms with van der Waals surface area (Å²) in [6, 6.07) is 2.24. The number of aromatic nitrogens is 3. The van der Waals surface area contributed by atoms with Gasteiger partial charge in [0.05, 0.1) is 22.0 Å². The van der Waals surface area contributed by atoms with E-state index in [1.807, 2.05) is 0 Å². The van der Waals surface area contributed by atoms with E-state index in [0.717, 1.165) is 12.1 Å². The Balaban J connectivity index is 2.33. The number of ether oxygens (including phenoxy) is 1. The fraction of sp³-hybridized carbons (Fsp3) is 0. The molecule has 0 aliphatic rings. The molecule has 3 N–H and O–H groups in total. The van der Waals surface area contributed by atoms with Crippen LogP contribution in [0.25, 0.3) is 27.3 Å². The van der Waals surface area contributed by atoms with Gasteiger partial charge < -0.3 is 19.9 Å². The second-order valence-corrected chi connectivity index (χ2v) is 5.21. The normalized spacial score (nSPS) is 11.4. The predicted molar refractivity (Wildman–Crippen MR) is 82.6 cm³/mol. The van der Waals surface area contributed by atoms with Crippen molar-refractivity contribution in [1.29, 1.82) is 0 Å². The average Bonchev–Trinajstić information content (AvgIpc) is 3.19. The number of hydrogen-bond donors (Lipinski definition) is 3. The average molecular weight is 341 g/mol. The van der Waals surface area contributed by atoms with Crippen LogP contribution in [0.2, 0.25) is 0 Å². The van der Waals surface area contributed by atoms with Crippen LogP contribution in [0, 0.1) is 0 Å². The van der Waals surface area contributed by atoms with Crippen LogP contribution < -0.4 is 10.2 Å². The number of H-pyrrole nitrogens is 1. The minimum Gasteiger partial charge on any atom is -0.478 e. The fourth-order valence-corrected chi connectivity index (χ4v) is 2.95. The topological polar surface area (TPSA) is 151 Å². The molecule has 0 aliphatic heterocycles. The lowest BCUT2D eigenvalue weighted by Crippen LogP contribution is -2.08. The minimum atomic E-state index is -1.34. The van der Waals surface area contributed by atoms with E-state index >= 15 is 0 Å². The number of aromatic carboxylic acids is 2. The smallest absolute Gasteiger partial charge is 0.352 e. The molecular weight excluding hydrogens is 334 g/mol. The number of carbonyl (C=O) groups excluding carboxylic acids is 1. The van der Waals surface area contributed by atoms with E-state index in [-0.39, 0.29) is 50.9 Å². The second-order valence-electron chi connectivity index (χ2n) is 5.21. The zero-order valence-corrected chi connectivity index (χ0v) is 12.1. The number of carbonyl (C=O) groups is 3. The molecule has 1 aromatic carbocycles. The first-order valence-electron chi connectivity index (χ1n) is 6.83. The number of benzene rings is 1. The number of aromatic amines is 1. The molecule has 0 aliphatic carbocycles. The third-order valence-corrected chi connectivity index (χ3v) is 3.94. The Morgan fingerprint density at radius 1 is 1.24 bits per heavy atom. The van der Waals surface area contributed by atoms with E-state index in [2.05, 4.69) is 9.97 Å². The summed E-state index contributed by atoms with van der Waals surface area (Å²) in [5.41, 5.74) is -0.959. The molecule has 0 fully saturated rings. The number of nitrogens with zero attached hydrogens (tertiary/aromatic N) is 2. The molecule has 3 heterocycles. The molecule has 0 amide bonds. The van der Waals surface area contributed by atoms with E-state index in [9.17, 15) is 24.3 Å². The summed E-state index contributed by atoms with van der Waals surface area (Å²) in [6.07, 6.45) is 1.22. The summed E-state index contributed by atoms with van der Waals surface area (Å²) in [7, 11) is 0. The third-order valence-electron chi connectivity index (χ3n) is 3.94. The van der Waals surface area contributed by atoms with Crippen LogP contribution >= 0.6 is 0 Å². The Bertz CT molecular complexity index is 1270. The van der Waals surface area contributed by atoms with Crippen molar-refractivity contribution in [1.82, 2.24) is 14.4 Å². The van der Waals surface area contributed by atoms with E-state index in [1.54, 1.807) is 0 Å². The molecule has 4 aromatic rings. The van der Waals surface area contributed by atoms with Gasteiger partial charge in [0.1, 0.15) is 17.5 Å². The first-order valence-corrected chi connectivity index (χ1v) is 6.83. The number of nitrogens with one attached hydrogen (secondary N) is 1. The van der Waals surface area contributed by atoms with Crippen LogP contribution in [-0.2, 0) is 4.79 Å². The summed E-state index contributed by atoms with van der Waals surface area (Å²) < 4.78 is 6.03. The van der Waals surface area contributed by atoms with Crippen molar-refractivity contribution in [3.8, 4) is 5.88 Å². The van der Waals surface area contributed by atoms with Crippen LogP contribution in [-0.4, -0.2) is 43.0 Å². The van der Waals surface area contributed by atoms with Gasteiger partial charge in [-0.25, -0.2) is 14.6 Å². The highest BCUT2D eigenvalue weighted by Gasteiger charge is 2.24. The third kappa shape index (κ3) is 1.81. The van der Waals surface area contributed by atoms with Gasteiger partial charge in [0.15, 0.2) is 0 Å². The lowest BCUT2D eigenvalue weighted by Gasteiger charge is -2.09. The monoisotopic (exact) mass is 341 g/mol. The molecule has 0 unspecified atom stereocenters. The maximum atomic E-state index is 12.6. The maximum absolute atomic E-state index is 12.6. The highest BCUT2D eigenvalue weighted by Crippen LogP contribution is 2.33. The number of carboxylic acid groups (broad SMARTS) is 2. The Morgan fingerprint density at radius 3 is 2.64 bits per heavy atom. The van der Waals surface area contributed by atoms with Crippen molar-refractivity contribution in [3.63, 3.8) is 0 Å². The molecule has 0 saturated carbocycles. The minimum absolute atomic E-state index is 0.0112. The van der Waals surface area contributed by atoms with Gasteiger partial charge in [0.2, 0.25) is 11.3 Å². The molecule has 0 bridgehead atoms. The van der Waals surface area contributed by atoms with Crippen molar-refractivity contribution in [2.45, 2.75) is 0 Å². The number of fused-ring (bicyclic) bond motifs is 2. The molecule has 0 atom stereocenters. The Morgan fingerprint density at radius 2 is 2.00 bits per heavy atom. The number of imidazole rings is 1. The summed E-state index contributed by atoms with van der Waals surface area (Å²) in [6.45, 7) is 0.121. The van der Waals surface area contributed by atoms with E-state index < -0.39 is 17.4 Å². The van der Waals surface area contributed by atoms with Crippen molar-refractivity contribution in [2.24, 2.45) is 0 Å². The summed E-state index contributed by atoms with van der Waals surface area (Å²) in [5, 5.41) is 18.8. The van der Waals surface area contributed by atoms with Crippen molar-refractivity contribution < 1.29 is 29.3 Å². The van der Waals surface area contributed by atoms with E-state index in [0.29, 0.717) is 0 Å². The molecular formula is C15H7N3O7. The van der Waals surface area contributed by atoms with Gasteiger partial charge >= 0.3 is 11.9 Å². The van der Waals surface area contributed by atoms with Crippen LogP contribution in [0.5, 0.6) is 5.88 Å². The zero-order valence-electron chi connectivity index (χ0n) is 12.1. The van der Waals surface area contributed by atoms with Crippen molar-refractivity contribution in [2.75, 3.05) is 0 Å². The highest BCUT2D eigenvalue weighted by atomic mass is 16.5. The number of pyridine rings is 1. The lowest BCUT2D eigenvalue weighted by atomic mass is 10.0. The highest BCUT2D eigenvalue weighted by molar-refractivity contribution is 6.19. The lowest BCUT2D eigenvalue weighted by molar-refractivity contribution is -0.121. The number of carboxylic acids is 2. The van der Waals surface area contributed by atoms with E-state index in [4.69, 9.17) is 9.84 Å². The summed E-state index contributed by atoms with van der Waals surface area (Å²) >= 11 is 0. The number of rotatable bonds is 4. The quantitative estimate of drug-likeness (QED) is 0.459. The first kappa shape index (κ1) is 14.6. The fourth-order valence-electron chi connectivity index (χ4n) is 2.95. The SMILES string of the molecule is O=COc1cc(C(=O)O)c2c3[nH]c(C(=O)O)cc3c(=O)c3ncn1c32. The van der Waals surface area contributed by atoms with Crippen molar-refractivity contribution in [3.05, 3.63) is 39.9 Å². The summed E-state index contributed by atoms with van der Waals surface area (Å²) in [5.74, 6) is -2.77. The standard InChI is InChI=1S/C15H7N3O7/c19-4-25-8-2-5(14(21)22)9-10-6(1-7(17-10)15(23)24)13(20)11-12(9)18(8)3-16-11/h1-4,17H,(H,21,22)(H,23,24). The van der Waals surface area contributed by atoms with Gasteiger partial charge in [-0.05, 0) is 6.07 Å². The van der Waals surface area contributed by atoms with Crippen LogP contribution in [0.1, 0.15) is 20.8 Å². The Kier molecular flexibility index (Phi) is 2.79. The van der Waals surface area contributed by atoms with Crippen LogP contribution in [0.15, 0.2) is 23.3 Å². The maximum Gasteiger partial charge on any atom is 0.352 e. The molecule has 10 nitrogen and oxygen atoms in total. The molecule has 4 rings (SSSR count). The molecule has 0 spiro atoms. The van der Waals surface area contributed by atoms with Gasteiger partial charge in [0, 0.05) is 11.5 Å². The molecule has 3 aromatic heterocycles. The van der Waals surface area contributed by atoms with Crippen LogP contribution in [0.3, 0.4) is 0 Å². The van der Waals surface area contributed by atoms with Gasteiger partial charge in [-0.3, -0.25) is 14.0 Å². The number of hydrogen-bond acceptors (Lipinski definition) is 6. The van der Waals surface area contributed by atoms with Gasteiger partial charge in [-0.15, -0.1) is 0 Å². The van der Waals surface area contributed by atoms with Crippen LogP contribution in [0.4, 0.5) is 0 Å². The zero-order chi connectivity index (χ0) is 17.9. The summed E-state index contributed by atoms with van der Waals surface area (Å²) in [4.78, 5) is 52.7. The van der Waals surface area contributed by atoms with Crippen molar-refractivity contribution >= 4 is 45.7 Å². The largest absolute Gasteiger partial charge is 0.478 e. The van der Waals surface area contributed by atoms with Gasteiger partial charge in [0.25, 0.3) is 6.47 Å². The Labute approximate surface area is 136 Å². The van der Waals surface area contributed by atoms with E-state index in [1.165, 1.54) is 10.7 Å². The van der Waals surface area contributed by atoms with Gasteiger partial charge in [-0.1, -0.05) is 0 Å². The predicted octanol–water partition coefficient (Wildman–Crippen LogP) is 0.698. The molecule has 25 heavy (non-hydrogen) atoms. The molecule has 124 valence electrons. The molecule has 10 heteroatoms. The Hall–Kier alpha value is -3.95. The second kappa shape index (κ2) is 4.77. The molecule has 0 saturated heterocycles. The van der Waals surface area contributed by atoms with Gasteiger partial charge in [-0.2, -0.15) is 0 Å². The first-order chi connectivity index (χ1) is 11.9. The molecule has 0 radical (unpaired) electrons.